The third-order valence-electron chi connectivity index (χ3n) is 4.93. The van der Waals surface area contributed by atoms with E-state index >= 15 is 0 Å². The first kappa shape index (κ1) is 19.5. The summed E-state index contributed by atoms with van der Waals surface area (Å²) in [5, 5.41) is 0. The molecule has 0 aromatic heterocycles. The standard InChI is InChI=1S/C20H18F2N2O4S/c1-13-10-15(3-4-16(13)22)24-12-19(20(25)23-6-8-28-9-7-23)29(26,27)18-5-2-14(21)11-17(18)24/h2-5,10-12H,6-9H2,1H3. The van der Waals surface area contributed by atoms with Gasteiger partial charge in [-0.3, -0.25) is 4.79 Å². The number of rotatable bonds is 2. The van der Waals surface area contributed by atoms with Crippen molar-refractivity contribution >= 4 is 27.1 Å². The first-order valence-electron chi connectivity index (χ1n) is 8.98. The number of ether oxygens (including phenoxy) is 1. The Morgan fingerprint density at radius 3 is 2.48 bits per heavy atom. The van der Waals surface area contributed by atoms with Gasteiger partial charge in [-0.05, 0) is 48.9 Å². The van der Waals surface area contributed by atoms with Crippen molar-refractivity contribution in [2.75, 3.05) is 31.2 Å². The Bertz CT molecular complexity index is 1130. The predicted octanol–water partition coefficient (Wildman–Crippen LogP) is 2.90. The summed E-state index contributed by atoms with van der Waals surface area (Å²) in [5.41, 5.74) is 0.816. The molecule has 1 saturated heterocycles. The van der Waals surface area contributed by atoms with E-state index in [1.165, 1.54) is 34.2 Å². The molecule has 2 aromatic rings. The van der Waals surface area contributed by atoms with Crippen LogP contribution in [-0.4, -0.2) is 45.5 Å². The lowest BCUT2D eigenvalue weighted by Crippen LogP contribution is -2.43. The van der Waals surface area contributed by atoms with Crippen molar-refractivity contribution in [1.29, 1.82) is 0 Å². The summed E-state index contributed by atoms with van der Waals surface area (Å²) in [6.07, 6.45) is 1.18. The molecular formula is C20H18F2N2O4S. The lowest BCUT2D eigenvalue weighted by molar-refractivity contribution is -0.130. The smallest absolute Gasteiger partial charge is 0.267 e. The van der Waals surface area contributed by atoms with Gasteiger partial charge in [0.1, 0.15) is 11.6 Å². The van der Waals surface area contributed by atoms with E-state index in [0.717, 1.165) is 18.2 Å². The summed E-state index contributed by atoms with van der Waals surface area (Å²) in [6.45, 7) is 2.76. The van der Waals surface area contributed by atoms with E-state index in [2.05, 4.69) is 0 Å². The quantitative estimate of drug-likeness (QED) is 0.699. The summed E-state index contributed by atoms with van der Waals surface area (Å²) in [7, 11) is -4.16. The molecule has 0 unspecified atom stereocenters. The van der Waals surface area contributed by atoms with E-state index in [9.17, 15) is 22.0 Å². The van der Waals surface area contributed by atoms with Gasteiger partial charge in [0.15, 0.2) is 4.91 Å². The predicted molar refractivity (Wildman–Crippen MR) is 102 cm³/mol. The highest BCUT2D eigenvalue weighted by Gasteiger charge is 2.38. The molecule has 2 aromatic carbocycles. The molecule has 0 saturated carbocycles. The number of fused-ring (bicyclic) bond motifs is 1. The first-order chi connectivity index (χ1) is 13.8. The Morgan fingerprint density at radius 2 is 1.79 bits per heavy atom. The number of sulfone groups is 1. The highest BCUT2D eigenvalue weighted by atomic mass is 32.2. The van der Waals surface area contributed by atoms with Crippen LogP contribution >= 0.6 is 0 Å². The fraction of sp³-hybridized carbons (Fsp3) is 0.250. The number of morpholine rings is 1. The van der Waals surface area contributed by atoms with E-state index in [0.29, 0.717) is 24.5 Å². The van der Waals surface area contributed by atoms with Crippen molar-refractivity contribution in [3.63, 3.8) is 0 Å². The second-order valence-corrected chi connectivity index (χ2v) is 8.70. The maximum atomic E-state index is 13.9. The molecule has 1 fully saturated rings. The molecule has 9 heteroatoms. The molecule has 0 radical (unpaired) electrons. The SMILES string of the molecule is Cc1cc(N2C=C(C(=O)N3CCOCC3)S(=O)(=O)c3ccc(F)cc32)ccc1F. The summed E-state index contributed by atoms with van der Waals surface area (Å²) >= 11 is 0. The van der Waals surface area contributed by atoms with Gasteiger partial charge in [0.05, 0.1) is 23.8 Å². The molecule has 2 heterocycles. The molecule has 0 spiro atoms. The van der Waals surface area contributed by atoms with Crippen LogP contribution in [0.2, 0.25) is 0 Å². The van der Waals surface area contributed by atoms with Crippen LogP contribution in [0.3, 0.4) is 0 Å². The number of hydrogen-bond donors (Lipinski definition) is 0. The van der Waals surface area contributed by atoms with Crippen molar-refractivity contribution in [2.24, 2.45) is 0 Å². The number of benzene rings is 2. The van der Waals surface area contributed by atoms with Crippen molar-refractivity contribution in [3.05, 3.63) is 64.7 Å². The van der Waals surface area contributed by atoms with Gasteiger partial charge in [0.25, 0.3) is 5.91 Å². The van der Waals surface area contributed by atoms with Gasteiger partial charge in [0.2, 0.25) is 9.84 Å². The zero-order valence-electron chi connectivity index (χ0n) is 15.6. The molecule has 0 atom stereocenters. The third kappa shape index (κ3) is 3.40. The third-order valence-corrected chi connectivity index (χ3v) is 6.72. The van der Waals surface area contributed by atoms with E-state index in [-0.39, 0.29) is 23.7 Å². The van der Waals surface area contributed by atoms with Crippen LogP contribution in [0.5, 0.6) is 0 Å². The topological polar surface area (TPSA) is 66.9 Å². The minimum absolute atomic E-state index is 0.0644. The van der Waals surface area contributed by atoms with Crippen molar-refractivity contribution in [2.45, 2.75) is 11.8 Å². The van der Waals surface area contributed by atoms with E-state index < -0.39 is 32.3 Å². The Kier molecular flexibility index (Phi) is 4.87. The molecule has 152 valence electrons. The lowest BCUT2D eigenvalue weighted by atomic mass is 10.1. The van der Waals surface area contributed by atoms with Crippen LogP contribution in [0.15, 0.2) is 52.4 Å². The first-order valence-corrected chi connectivity index (χ1v) is 10.5. The number of halogens is 2. The summed E-state index contributed by atoms with van der Waals surface area (Å²) < 4.78 is 59.2. The maximum Gasteiger partial charge on any atom is 0.267 e. The molecule has 29 heavy (non-hydrogen) atoms. The molecule has 0 bridgehead atoms. The second kappa shape index (κ2) is 7.23. The number of hydrogen-bond acceptors (Lipinski definition) is 5. The monoisotopic (exact) mass is 420 g/mol. The number of carbonyl (C=O) groups is 1. The van der Waals surface area contributed by atoms with Crippen LogP contribution < -0.4 is 4.90 Å². The number of aryl methyl sites for hydroxylation is 1. The zero-order chi connectivity index (χ0) is 20.8. The molecular weight excluding hydrogens is 402 g/mol. The van der Waals surface area contributed by atoms with Crippen LogP contribution in [0, 0.1) is 18.6 Å². The summed E-state index contributed by atoms with van der Waals surface area (Å²) in [6, 6.07) is 7.45. The maximum absolute atomic E-state index is 13.9. The largest absolute Gasteiger partial charge is 0.378 e. The van der Waals surface area contributed by atoms with Crippen LogP contribution in [0.25, 0.3) is 0 Å². The minimum atomic E-state index is -4.16. The number of amides is 1. The van der Waals surface area contributed by atoms with Gasteiger partial charge < -0.3 is 14.5 Å². The molecule has 1 amide bonds. The van der Waals surface area contributed by atoms with Gasteiger partial charge >= 0.3 is 0 Å². The molecule has 2 aliphatic rings. The highest BCUT2D eigenvalue weighted by molar-refractivity contribution is 7.96. The number of anilines is 2. The number of nitrogens with zero attached hydrogens (tertiary/aromatic N) is 2. The summed E-state index contributed by atoms with van der Waals surface area (Å²) in [4.78, 5) is 15.2. The number of carbonyl (C=O) groups excluding carboxylic acids is 1. The molecule has 4 rings (SSSR count). The highest BCUT2D eigenvalue weighted by Crippen LogP contribution is 2.40. The fourth-order valence-electron chi connectivity index (χ4n) is 3.37. The minimum Gasteiger partial charge on any atom is -0.378 e. The Morgan fingerprint density at radius 1 is 1.07 bits per heavy atom. The normalized spacial score (nSPS) is 18.2. The van der Waals surface area contributed by atoms with Gasteiger partial charge in [0, 0.05) is 25.0 Å². The molecule has 0 aliphatic carbocycles. The van der Waals surface area contributed by atoms with Gasteiger partial charge in [-0.25, -0.2) is 17.2 Å². The van der Waals surface area contributed by atoms with Crippen molar-refractivity contribution in [3.8, 4) is 0 Å². The Balaban J connectivity index is 1.89. The zero-order valence-corrected chi connectivity index (χ0v) is 16.4. The molecule has 6 nitrogen and oxygen atoms in total. The van der Waals surface area contributed by atoms with Crippen LogP contribution in [-0.2, 0) is 19.4 Å². The van der Waals surface area contributed by atoms with Crippen molar-refractivity contribution < 1.29 is 26.7 Å². The van der Waals surface area contributed by atoms with Crippen LogP contribution in [0.1, 0.15) is 5.56 Å². The van der Waals surface area contributed by atoms with Crippen molar-refractivity contribution in [1.82, 2.24) is 4.90 Å². The average molecular weight is 420 g/mol. The Hall–Kier alpha value is -2.78. The average Bonchev–Trinajstić information content (AvgIpc) is 2.70. The Labute approximate surface area is 166 Å². The summed E-state index contributed by atoms with van der Waals surface area (Å²) in [5.74, 6) is -1.70. The van der Waals surface area contributed by atoms with E-state index in [1.807, 2.05) is 0 Å². The fourth-order valence-corrected chi connectivity index (χ4v) is 4.89. The molecule has 2 aliphatic heterocycles. The lowest BCUT2D eigenvalue weighted by Gasteiger charge is -2.32. The van der Waals surface area contributed by atoms with Gasteiger partial charge in [-0.2, -0.15) is 0 Å². The molecule has 0 N–H and O–H groups in total. The van der Waals surface area contributed by atoms with E-state index in [4.69, 9.17) is 4.74 Å². The van der Waals surface area contributed by atoms with E-state index in [1.54, 1.807) is 6.92 Å². The van der Waals surface area contributed by atoms with Gasteiger partial charge in [-0.15, -0.1) is 0 Å². The second-order valence-electron chi connectivity index (χ2n) is 6.82. The van der Waals surface area contributed by atoms with Gasteiger partial charge in [-0.1, -0.05) is 0 Å². The van der Waals surface area contributed by atoms with Crippen LogP contribution in [0.4, 0.5) is 20.2 Å².